The lowest BCUT2D eigenvalue weighted by Crippen LogP contribution is -2.48. The van der Waals surface area contributed by atoms with Gasteiger partial charge in [-0.05, 0) is 30.9 Å². The third kappa shape index (κ3) is 1.96. The van der Waals surface area contributed by atoms with E-state index in [0.717, 1.165) is 4.90 Å². The first kappa shape index (κ1) is 14.0. The minimum atomic E-state index is -0.624. The van der Waals surface area contributed by atoms with Crippen molar-refractivity contribution >= 4 is 23.5 Å². The molecular formula is C17H16O4S. The summed E-state index contributed by atoms with van der Waals surface area (Å²) in [5.41, 5.74) is 0.0480. The first-order valence-electron chi connectivity index (χ1n) is 7.35. The Labute approximate surface area is 132 Å². The first-order chi connectivity index (χ1) is 10.6. The van der Waals surface area contributed by atoms with Crippen LogP contribution in [-0.2, 0) is 14.3 Å². The van der Waals surface area contributed by atoms with Crippen LogP contribution in [0.4, 0.5) is 0 Å². The molecule has 2 fully saturated rings. The average molecular weight is 316 g/mol. The van der Waals surface area contributed by atoms with Gasteiger partial charge >= 0.3 is 5.97 Å². The molecule has 0 unspecified atom stereocenters. The van der Waals surface area contributed by atoms with Gasteiger partial charge in [-0.15, -0.1) is 11.8 Å². The summed E-state index contributed by atoms with van der Waals surface area (Å²) in [6.07, 6.45) is 6.08. The number of ether oxygens (including phenoxy) is 2. The summed E-state index contributed by atoms with van der Waals surface area (Å²) in [5, 5.41) is 0. The number of fused-ring (bicyclic) bond motifs is 1. The fourth-order valence-electron chi connectivity index (χ4n) is 3.58. The molecule has 1 aromatic rings. The lowest BCUT2D eigenvalue weighted by atomic mass is 9.78. The second-order valence-corrected chi connectivity index (χ2v) is 6.87. The Bertz CT molecular complexity index is 666. The normalized spacial score (nSPS) is 35.3. The number of benzene rings is 1. The molecule has 0 N–H and O–H groups in total. The number of ketones is 1. The van der Waals surface area contributed by atoms with Crippen LogP contribution in [0.25, 0.3) is 0 Å². The molecule has 0 amide bonds. The van der Waals surface area contributed by atoms with E-state index in [4.69, 9.17) is 9.47 Å². The van der Waals surface area contributed by atoms with Crippen molar-refractivity contribution in [3.8, 4) is 0 Å². The maximum absolute atomic E-state index is 12.8. The van der Waals surface area contributed by atoms with E-state index in [0.29, 0.717) is 12.0 Å². The van der Waals surface area contributed by atoms with Crippen LogP contribution in [0.2, 0.25) is 0 Å². The molecule has 0 radical (unpaired) electrons. The molecule has 2 bridgehead atoms. The minimum absolute atomic E-state index is 0.0394. The van der Waals surface area contributed by atoms with Gasteiger partial charge in [-0.2, -0.15) is 0 Å². The molecule has 3 aliphatic heterocycles. The Morgan fingerprint density at radius 1 is 1.32 bits per heavy atom. The quantitative estimate of drug-likeness (QED) is 0.371. The summed E-state index contributed by atoms with van der Waals surface area (Å²) in [5.74, 6) is -0.886. The van der Waals surface area contributed by atoms with Gasteiger partial charge in [-0.25, -0.2) is 0 Å². The number of rotatable bonds is 3. The number of hydrogen-bond donors (Lipinski definition) is 0. The third-order valence-electron chi connectivity index (χ3n) is 4.84. The van der Waals surface area contributed by atoms with Crippen LogP contribution in [0.3, 0.4) is 0 Å². The molecule has 22 heavy (non-hydrogen) atoms. The number of carbonyl (C=O) groups excluding carboxylic acids is 2. The highest BCUT2D eigenvalue weighted by atomic mass is 32.2. The van der Waals surface area contributed by atoms with Crippen LogP contribution >= 0.6 is 11.8 Å². The van der Waals surface area contributed by atoms with Gasteiger partial charge in [0.05, 0.1) is 17.9 Å². The van der Waals surface area contributed by atoms with Crippen molar-refractivity contribution in [3.63, 3.8) is 0 Å². The predicted molar refractivity (Wildman–Crippen MR) is 81.9 cm³/mol. The number of hydrogen-bond acceptors (Lipinski definition) is 5. The Hall–Kier alpha value is -1.59. The van der Waals surface area contributed by atoms with Crippen molar-refractivity contribution in [1.82, 2.24) is 0 Å². The highest BCUT2D eigenvalue weighted by Crippen LogP contribution is 2.48. The summed E-state index contributed by atoms with van der Waals surface area (Å²) in [6, 6.07) is 7.59. The van der Waals surface area contributed by atoms with Crippen molar-refractivity contribution in [2.45, 2.75) is 23.0 Å². The van der Waals surface area contributed by atoms with E-state index in [1.54, 1.807) is 11.8 Å². The summed E-state index contributed by atoms with van der Waals surface area (Å²) in [6.45, 7) is 0.271. The number of carbonyl (C=O) groups is 2. The summed E-state index contributed by atoms with van der Waals surface area (Å²) >= 11 is 1.64. The molecule has 3 heterocycles. The molecular weight excluding hydrogens is 300 g/mol. The maximum Gasteiger partial charge on any atom is 0.312 e. The van der Waals surface area contributed by atoms with Crippen LogP contribution in [0.1, 0.15) is 16.8 Å². The molecule has 4 rings (SSSR count). The second kappa shape index (κ2) is 4.96. The monoisotopic (exact) mass is 316 g/mol. The molecule has 5 heteroatoms. The van der Waals surface area contributed by atoms with E-state index in [2.05, 4.69) is 0 Å². The van der Waals surface area contributed by atoms with Gasteiger partial charge in [0.1, 0.15) is 12.2 Å². The predicted octanol–water partition coefficient (Wildman–Crippen LogP) is 2.48. The zero-order valence-corrected chi connectivity index (χ0v) is 13.0. The van der Waals surface area contributed by atoms with Crippen molar-refractivity contribution < 1.29 is 19.1 Å². The molecule has 1 aromatic carbocycles. The molecule has 1 spiro atoms. The zero-order chi connectivity index (χ0) is 15.3. The molecule has 2 saturated heterocycles. The van der Waals surface area contributed by atoms with Gasteiger partial charge in [0, 0.05) is 10.5 Å². The second-order valence-electron chi connectivity index (χ2n) is 5.99. The van der Waals surface area contributed by atoms with E-state index < -0.39 is 5.60 Å². The Morgan fingerprint density at radius 3 is 2.82 bits per heavy atom. The van der Waals surface area contributed by atoms with E-state index in [1.807, 2.05) is 42.7 Å². The Kier molecular flexibility index (Phi) is 3.16. The smallest absolute Gasteiger partial charge is 0.312 e. The largest absolute Gasteiger partial charge is 0.462 e. The summed E-state index contributed by atoms with van der Waals surface area (Å²) < 4.78 is 11.2. The van der Waals surface area contributed by atoms with Gasteiger partial charge in [-0.1, -0.05) is 18.2 Å². The van der Waals surface area contributed by atoms with Gasteiger partial charge in [0.2, 0.25) is 0 Å². The SMILES string of the molecule is CSc1ccc(C(=O)[C@H]2C[C@H]3C(=O)OC[C@]34C=C[C@H]2O4)cc1. The molecule has 114 valence electrons. The fraction of sp³-hybridized carbons (Fsp3) is 0.412. The number of esters is 1. The molecule has 4 nitrogen and oxygen atoms in total. The Balaban J connectivity index is 1.61. The van der Waals surface area contributed by atoms with Crippen LogP contribution in [0, 0.1) is 11.8 Å². The van der Waals surface area contributed by atoms with E-state index >= 15 is 0 Å². The van der Waals surface area contributed by atoms with Gasteiger partial charge in [0.15, 0.2) is 5.78 Å². The summed E-state index contributed by atoms with van der Waals surface area (Å²) in [7, 11) is 0. The number of Topliss-reactive ketones (excluding diaryl/α,β-unsaturated/α-hetero) is 1. The van der Waals surface area contributed by atoms with Crippen LogP contribution in [0.15, 0.2) is 41.3 Å². The average Bonchev–Trinajstić information content (AvgIpc) is 3.07. The molecule has 0 aromatic heterocycles. The Morgan fingerprint density at radius 2 is 2.09 bits per heavy atom. The van der Waals surface area contributed by atoms with Gasteiger partial charge < -0.3 is 9.47 Å². The van der Waals surface area contributed by atoms with Gasteiger partial charge in [-0.3, -0.25) is 9.59 Å². The van der Waals surface area contributed by atoms with Crippen molar-refractivity contribution in [3.05, 3.63) is 42.0 Å². The zero-order valence-electron chi connectivity index (χ0n) is 12.2. The third-order valence-corrected chi connectivity index (χ3v) is 5.58. The molecule has 4 atom stereocenters. The lowest BCUT2D eigenvalue weighted by molar-refractivity contribution is -0.144. The van der Waals surface area contributed by atoms with Crippen LogP contribution in [-0.4, -0.2) is 36.3 Å². The standard InChI is InChI=1S/C17H16O4S/c1-22-11-4-2-10(3-5-11)15(18)12-8-13-16(19)20-9-17(13)7-6-14(12)21-17/h2-7,12-14H,8-9H2,1H3/t12-,13-,14+,17+/m0/s1. The molecule has 0 aliphatic carbocycles. The minimum Gasteiger partial charge on any atom is -0.462 e. The lowest BCUT2D eigenvalue weighted by Gasteiger charge is -2.36. The topological polar surface area (TPSA) is 52.6 Å². The molecule has 3 aliphatic rings. The highest BCUT2D eigenvalue weighted by molar-refractivity contribution is 7.98. The van der Waals surface area contributed by atoms with Crippen molar-refractivity contribution in [2.24, 2.45) is 11.8 Å². The number of thioether (sulfide) groups is 1. The van der Waals surface area contributed by atoms with Crippen LogP contribution < -0.4 is 0 Å². The fourth-order valence-corrected chi connectivity index (χ4v) is 3.99. The maximum atomic E-state index is 12.8. The van der Waals surface area contributed by atoms with E-state index in [9.17, 15) is 9.59 Å². The molecule has 0 saturated carbocycles. The number of cyclic esters (lactones) is 1. The van der Waals surface area contributed by atoms with Crippen molar-refractivity contribution in [1.29, 1.82) is 0 Å². The van der Waals surface area contributed by atoms with Gasteiger partial charge in [0.25, 0.3) is 0 Å². The highest BCUT2D eigenvalue weighted by Gasteiger charge is 2.59. The first-order valence-corrected chi connectivity index (χ1v) is 8.57. The van der Waals surface area contributed by atoms with Crippen LogP contribution in [0.5, 0.6) is 0 Å². The van der Waals surface area contributed by atoms with Crippen molar-refractivity contribution in [2.75, 3.05) is 12.9 Å². The van der Waals surface area contributed by atoms with E-state index in [-0.39, 0.29) is 36.3 Å². The summed E-state index contributed by atoms with van der Waals surface area (Å²) in [4.78, 5) is 25.9. The van der Waals surface area contributed by atoms with E-state index in [1.165, 1.54) is 0 Å².